The van der Waals surface area contributed by atoms with E-state index in [0.29, 0.717) is 61.2 Å². The number of carbonyl (C=O) groups excluding carboxylic acids is 2. The third-order valence-electron chi connectivity index (χ3n) is 7.73. The standard InChI is InChI=1S/C36H44N2O6/c1-5-23-43-29-18-15-27(16-19-29)34(39)32-33(38(36(41)35(32)40)22-12-21-37(6-2)7-3)28-17-20-30(31(24-28)42-8-4)44-25-26-13-10-9-11-14-26/h9-11,13-20,24,33,39H,5-8,12,21-23,25H2,1-4H3/b34-32+. The minimum atomic E-state index is -0.787. The zero-order valence-corrected chi connectivity index (χ0v) is 26.3. The maximum atomic E-state index is 13.6. The van der Waals surface area contributed by atoms with E-state index in [1.807, 2.05) is 56.3 Å². The number of likely N-dealkylation sites (tertiary alicyclic amines) is 1. The van der Waals surface area contributed by atoms with E-state index in [2.05, 4.69) is 18.7 Å². The number of ether oxygens (including phenoxy) is 3. The fourth-order valence-electron chi connectivity index (χ4n) is 5.36. The van der Waals surface area contributed by atoms with Crippen molar-refractivity contribution in [2.75, 3.05) is 39.4 Å². The van der Waals surface area contributed by atoms with E-state index in [0.717, 1.165) is 31.6 Å². The van der Waals surface area contributed by atoms with Gasteiger partial charge < -0.3 is 29.1 Å². The van der Waals surface area contributed by atoms with Gasteiger partial charge in [0, 0.05) is 12.1 Å². The first-order valence-electron chi connectivity index (χ1n) is 15.6. The van der Waals surface area contributed by atoms with Gasteiger partial charge in [-0.15, -0.1) is 0 Å². The summed E-state index contributed by atoms with van der Waals surface area (Å²) in [6.07, 6.45) is 1.56. The highest BCUT2D eigenvalue weighted by Crippen LogP contribution is 2.42. The van der Waals surface area contributed by atoms with Gasteiger partial charge in [0.1, 0.15) is 18.1 Å². The van der Waals surface area contributed by atoms with E-state index < -0.39 is 17.7 Å². The van der Waals surface area contributed by atoms with Crippen molar-refractivity contribution in [3.05, 3.63) is 95.1 Å². The third kappa shape index (κ3) is 7.80. The summed E-state index contributed by atoms with van der Waals surface area (Å²) in [5.41, 5.74) is 2.17. The molecule has 44 heavy (non-hydrogen) atoms. The molecule has 0 aromatic heterocycles. The molecule has 8 heteroatoms. The predicted molar refractivity (Wildman–Crippen MR) is 172 cm³/mol. The lowest BCUT2D eigenvalue weighted by atomic mass is 9.95. The molecule has 1 aliphatic heterocycles. The fourth-order valence-corrected chi connectivity index (χ4v) is 5.36. The molecule has 1 N–H and O–H groups in total. The zero-order chi connectivity index (χ0) is 31.5. The van der Waals surface area contributed by atoms with Crippen molar-refractivity contribution in [3.8, 4) is 17.2 Å². The van der Waals surface area contributed by atoms with Gasteiger partial charge in [0.25, 0.3) is 11.7 Å². The first kappa shape index (κ1) is 32.6. The Labute approximate surface area is 260 Å². The molecule has 1 atom stereocenters. The molecule has 1 heterocycles. The normalized spacial score (nSPS) is 16.0. The average molecular weight is 601 g/mol. The lowest BCUT2D eigenvalue weighted by molar-refractivity contribution is -0.140. The van der Waals surface area contributed by atoms with Gasteiger partial charge in [0.2, 0.25) is 0 Å². The van der Waals surface area contributed by atoms with Crippen molar-refractivity contribution >= 4 is 17.4 Å². The number of aliphatic hydroxyl groups is 1. The molecule has 3 aromatic rings. The first-order chi connectivity index (χ1) is 21.4. The van der Waals surface area contributed by atoms with E-state index in [-0.39, 0.29) is 11.3 Å². The predicted octanol–water partition coefficient (Wildman–Crippen LogP) is 6.61. The fraction of sp³-hybridized carbons (Fsp3) is 0.389. The summed E-state index contributed by atoms with van der Waals surface area (Å²) in [5, 5.41) is 11.5. The van der Waals surface area contributed by atoms with Crippen LogP contribution in [0, 0.1) is 0 Å². The number of aliphatic hydroxyl groups excluding tert-OH is 1. The summed E-state index contributed by atoms with van der Waals surface area (Å²) in [4.78, 5) is 30.9. The van der Waals surface area contributed by atoms with Gasteiger partial charge in [-0.25, -0.2) is 0 Å². The highest BCUT2D eigenvalue weighted by Gasteiger charge is 2.46. The molecule has 1 aliphatic rings. The van der Waals surface area contributed by atoms with Crippen LogP contribution in [0.25, 0.3) is 5.76 Å². The smallest absolute Gasteiger partial charge is 0.295 e. The Morgan fingerprint density at radius 2 is 1.59 bits per heavy atom. The van der Waals surface area contributed by atoms with Crippen molar-refractivity contribution in [1.29, 1.82) is 0 Å². The molecular weight excluding hydrogens is 556 g/mol. The Morgan fingerprint density at radius 3 is 2.25 bits per heavy atom. The van der Waals surface area contributed by atoms with Crippen LogP contribution in [0.2, 0.25) is 0 Å². The van der Waals surface area contributed by atoms with Gasteiger partial charge in [-0.05, 0) is 86.9 Å². The van der Waals surface area contributed by atoms with E-state index in [1.54, 1.807) is 35.2 Å². The summed E-state index contributed by atoms with van der Waals surface area (Å²) in [7, 11) is 0. The van der Waals surface area contributed by atoms with Crippen LogP contribution in [0.1, 0.15) is 63.3 Å². The van der Waals surface area contributed by atoms with Gasteiger partial charge in [-0.1, -0.05) is 57.2 Å². The maximum Gasteiger partial charge on any atom is 0.295 e. The minimum Gasteiger partial charge on any atom is -0.507 e. The minimum absolute atomic E-state index is 0.0560. The van der Waals surface area contributed by atoms with Crippen molar-refractivity contribution in [3.63, 3.8) is 0 Å². The number of nitrogens with zero attached hydrogens (tertiary/aromatic N) is 2. The quantitative estimate of drug-likeness (QED) is 0.113. The van der Waals surface area contributed by atoms with Crippen LogP contribution in [0.15, 0.2) is 78.4 Å². The maximum absolute atomic E-state index is 13.6. The Kier molecular flexibility index (Phi) is 11.8. The van der Waals surface area contributed by atoms with Crippen LogP contribution in [-0.2, 0) is 16.2 Å². The number of Topliss-reactive ketones (excluding diaryl/α,β-unsaturated/α-hetero) is 1. The van der Waals surface area contributed by atoms with Crippen molar-refractivity contribution < 1.29 is 28.9 Å². The molecule has 0 saturated carbocycles. The number of ketones is 1. The van der Waals surface area contributed by atoms with Crippen molar-refractivity contribution in [2.45, 2.75) is 53.2 Å². The molecule has 1 saturated heterocycles. The second-order valence-electron chi connectivity index (χ2n) is 10.7. The van der Waals surface area contributed by atoms with Gasteiger partial charge in [0.05, 0.1) is 24.8 Å². The molecular formula is C36H44N2O6. The van der Waals surface area contributed by atoms with E-state index in [1.165, 1.54) is 0 Å². The Morgan fingerprint density at radius 1 is 0.864 bits per heavy atom. The SMILES string of the molecule is CCCOc1ccc(/C(O)=C2\C(=O)C(=O)N(CCCN(CC)CC)C2c2ccc(OCc3ccccc3)c(OCC)c2)cc1. The number of hydrogen-bond acceptors (Lipinski definition) is 7. The Bertz CT molecular complexity index is 1420. The topological polar surface area (TPSA) is 88.5 Å². The van der Waals surface area contributed by atoms with E-state index >= 15 is 0 Å². The van der Waals surface area contributed by atoms with Crippen LogP contribution in [0.5, 0.6) is 17.2 Å². The summed E-state index contributed by atoms with van der Waals surface area (Å²) in [6, 6.07) is 21.4. The number of rotatable bonds is 16. The molecule has 1 unspecified atom stereocenters. The number of amides is 1. The summed E-state index contributed by atoms with van der Waals surface area (Å²) in [6.45, 7) is 12.4. The number of carbonyl (C=O) groups is 2. The van der Waals surface area contributed by atoms with Crippen molar-refractivity contribution in [1.82, 2.24) is 9.80 Å². The molecule has 4 rings (SSSR count). The van der Waals surface area contributed by atoms with E-state index in [4.69, 9.17) is 14.2 Å². The second-order valence-corrected chi connectivity index (χ2v) is 10.7. The Hall–Kier alpha value is -4.30. The monoisotopic (exact) mass is 600 g/mol. The molecule has 0 aliphatic carbocycles. The van der Waals surface area contributed by atoms with Crippen LogP contribution < -0.4 is 14.2 Å². The number of hydrogen-bond donors (Lipinski definition) is 1. The van der Waals surface area contributed by atoms with Gasteiger partial charge in [-0.2, -0.15) is 0 Å². The van der Waals surface area contributed by atoms with Crippen LogP contribution in [-0.4, -0.2) is 66.0 Å². The molecule has 0 radical (unpaired) electrons. The van der Waals surface area contributed by atoms with Gasteiger partial charge in [-0.3, -0.25) is 9.59 Å². The zero-order valence-electron chi connectivity index (χ0n) is 26.3. The molecule has 3 aromatic carbocycles. The molecule has 0 bridgehead atoms. The summed E-state index contributed by atoms with van der Waals surface area (Å²) >= 11 is 0. The first-order valence-corrected chi connectivity index (χ1v) is 15.6. The van der Waals surface area contributed by atoms with Crippen LogP contribution in [0.4, 0.5) is 0 Å². The van der Waals surface area contributed by atoms with Crippen LogP contribution >= 0.6 is 0 Å². The van der Waals surface area contributed by atoms with Gasteiger partial charge in [0.15, 0.2) is 11.5 Å². The molecule has 234 valence electrons. The highest BCUT2D eigenvalue weighted by atomic mass is 16.5. The Balaban J connectivity index is 1.72. The molecule has 8 nitrogen and oxygen atoms in total. The molecule has 1 fully saturated rings. The molecule has 1 amide bonds. The average Bonchev–Trinajstić information content (AvgIpc) is 3.30. The lowest BCUT2D eigenvalue weighted by Gasteiger charge is -2.27. The number of benzene rings is 3. The second kappa shape index (κ2) is 16.0. The lowest BCUT2D eigenvalue weighted by Crippen LogP contribution is -2.33. The molecule has 0 spiro atoms. The van der Waals surface area contributed by atoms with Crippen molar-refractivity contribution in [2.24, 2.45) is 0 Å². The summed E-state index contributed by atoms with van der Waals surface area (Å²) < 4.78 is 17.8. The van der Waals surface area contributed by atoms with Crippen LogP contribution in [0.3, 0.4) is 0 Å². The third-order valence-corrected chi connectivity index (χ3v) is 7.73. The van der Waals surface area contributed by atoms with E-state index in [9.17, 15) is 14.7 Å². The highest BCUT2D eigenvalue weighted by molar-refractivity contribution is 6.46. The largest absolute Gasteiger partial charge is 0.507 e. The summed E-state index contributed by atoms with van der Waals surface area (Å²) in [5.74, 6) is 0.186. The van der Waals surface area contributed by atoms with Gasteiger partial charge >= 0.3 is 0 Å².